The molecule has 6 heterocycles. The number of β-amino-alcohol motifs (C(OH)–C–C–N with tert-alkyl or cyclic N) is 3. The van der Waals surface area contributed by atoms with Crippen molar-refractivity contribution in [2.45, 2.75) is 80.9 Å². The molecule has 0 spiro atoms. The number of carbonyl (C=O) groups is 6. The predicted octanol–water partition coefficient (Wildman–Crippen LogP) is 6.74. The average Bonchev–Trinajstić information content (AvgIpc) is 4.49. The van der Waals surface area contributed by atoms with Crippen LogP contribution in [0.25, 0.3) is 32.7 Å². The molecule has 3 aliphatic heterocycles. The second-order valence-corrected chi connectivity index (χ2v) is 21.7. The number of carbonyl (C=O) groups excluding carboxylic acids is 6. The fourth-order valence-electron chi connectivity index (χ4n) is 12.2. The van der Waals surface area contributed by atoms with E-state index in [1.165, 1.54) is 14.7 Å². The zero-order valence-corrected chi connectivity index (χ0v) is 44.6. The third-order valence-corrected chi connectivity index (χ3v) is 16.3. The lowest BCUT2D eigenvalue weighted by molar-refractivity contribution is -0.136. The van der Waals surface area contributed by atoms with E-state index in [1.54, 1.807) is 55.0 Å². The third-order valence-electron chi connectivity index (χ3n) is 16.3. The molecular weight excluding hydrogens is 1040 g/mol. The maximum absolute atomic E-state index is 13.9. The monoisotopic (exact) mass is 1100 g/mol. The largest absolute Gasteiger partial charge is 0.391 e. The molecule has 18 heteroatoms. The number of anilines is 3. The summed E-state index contributed by atoms with van der Waals surface area (Å²) in [7, 11) is 0. The van der Waals surface area contributed by atoms with E-state index < -0.39 is 60.1 Å². The van der Waals surface area contributed by atoms with E-state index in [2.05, 4.69) is 30.9 Å². The molecule has 3 aromatic heterocycles. The number of hydrogen-bond donors (Lipinski definition) is 9. The topological polar surface area (TPSA) is 256 Å². The quantitative estimate of drug-likeness (QED) is 0.0492. The number of benzene rings is 6. The molecule has 0 saturated carbocycles. The van der Waals surface area contributed by atoms with Gasteiger partial charge in [0.25, 0.3) is 0 Å². The number of aliphatic hydroxyl groups excluding tert-OH is 3. The predicted molar refractivity (Wildman–Crippen MR) is 311 cm³/mol. The first-order chi connectivity index (χ1) is 39.8. The van der Waals surface area contributed by atoms with Gasteiger partial charge in [0.05, 0.1) is 37.6 Å². The van der Waals surface area contributed by atoms with Crippen LogP contribution in [0.3, 0.4) is 0 Å². The number of aromatic nitrogens is 3. The first-order valence-corrected chi connectivity index (χ1v) is 27.6. The van der Waals surface area contributed by atoms with Gasteiger partial charge >= 0.3 is 0 Å². The van der Waals surface area contributed by atoms with Crippen LogP contribution < -0.4 is 16.0 Å². The smallest absolute Gasteiger partial charge is 0.247 e. The number of nitrogens with one attached hydrogen (secondary N) is 6. The van der Waals surface area contributed by atoms with E-state index in [0.717, 1.165) is 66.1 Å². The van der Waals surface area contributed by atoms with Gasteiger partial charge in [-0.25, -0.2) is 0 Å². The van der Waals surface area contributed by atoms with Crippen molar-refractivity contribution in [3.8, 4) is 0 Å². The molecule has 0 bridgehead atoms. The van der Waals surface area contributed by atoms with Gasteiger partial charge in [0.2, 0.25) is 35.4 Å². The maximum Gasteiger partial charge on any atom is 0.247 e. The summed E-state index contributed by atoms with van der Waals surface area (Å²) >= 11 is 0. The molecule has 3 aliphatic rings. The highest BCUT2D eigenvalue weighted by Crippen LogP contribution is 2.35. The summed E-state index contributed by atoms with van der Waals surface area (Å²) < 4.78 is 0. The number of nitrogens with zero attached hydrogens (tertiary/aromatic N) is 3. The normalized spacial score (nSPS) is 20.2. The van der Waals surface area contributed by atoms with Crippen molar-refractivity contribution in [1.29, 1.82) is 0 Å². The lowest BCUT2D eigenvalue weighted by Gasteiger charge is -2.25. The zero-order chi connectivity index (χ0) is 56.6. The Morgan fingerprint density at radius 1 is 0.402 bits per heavy atom. The molecule has 416 valence electrons. The van der Waals surface area contributed by atoms with Crippen molar-refractivity contribution in [2.24, 2.45) is 0 Å². The van der Waals surface area contributed by atoms with Crippen LogP contribution >= 0.6 is 0 Å². The zero-order valence-electron chi connectivity index (χ0n) is 44.6. The van der Waals surface area contributed by atoms with E-state index in [4.69, 9.17) is 0 Å². The number of rotatable bonds is 15. The average molecular weight is 1100 g/mol. The summed E-state index contributed by atoms with van der Waals surface area (Å²) in [6.45, 7) is 0.106. The highest BCUT2D eigenvalue weighted by atomic mass is 16.3. The Morgan fingerprint density at radius 3 is 0.951 bits per heavy atom. The molecular formula is C64H61N9O9. The lowest BCUT2D eigenvalue weighted by atomic mass is 9.85. The van der Waals surface area contributed by atoms with Crippen molar-refractivity contribution < 1.29 is 44.1 Å². The van der Waals surface area contributed by atoms with E-state index in [9.17, 15) is 44.1 Å². The Labute approximate surface area is 471 Å². The van der Waals surface area contributed by atoms with E-state index in [0.29, 0.717) is 17.1 Å². The molecule has 6 atom stereocenters. The standard InChI is InChI=1S/C64H61N9O9/c74-46-28-55(71(34-46)58(77)25-40-31-65-52-10-4-1-7-49(40)52)62(80)68-43-19-13-37(14-20-43)61(38-15-21-44(22-16-38)69-63(81)56-29-47(75)35-72(56)59(78)26-41-32-66-53-11-5-2-8-50(41)53)39-17-23-45(24-18-39)70-64(82)57-30-48(76)36-73(57)60(79)27-42-33-67-54-12-6-3-9-51(42)54/h1-24,31-33,46-48,55-57,61,65-67,74-76H,25-30,34-36H2,(H,68,80)(H,69,81)(H,70,82)/t46?,47?,48?,55-,56-,57-,61?/m0/s1. The lowest BCUT2D eigenvalue weighted by Crippen LogP contribution is -2.43. The van der Waals surface area contributed by atoms with Gasteiger partial charge < -0.3 is 60.9 Å². The molecule has 0 radical (unpaired) electrons. The van der Waals surface area contributed by atoms with Crippen LogP contribution in [0.15, 0.2) is 164 Å². The maximum atomic E-state index is 13.9. The molecule has 3 unspecified atom stereocenters. The molecule has 82 heavy (non-hydrogen) atoms. The van der Waals surface area contributed by atoms with Crippen LogP contribution in [0.5, 0.6) is 0 Å². The summed E-state index contributed by atoms with van der Waals surface area (Å²) in [5, 5.41) is 43.8. The highest BCUT2D eigenvalue weighted by Gasteiger charge is 2.42. The highest BCUT2D eigenvalue weighted by molar-refractivity contribution is 6.01. The van der Waals surface area contributed by atoms with Crippen LogP contribution in [0.2, 0.25) is 0 Å². The van der Waals surface area contributed by atoms with Crippen LogP contribution in [0.4, 0.5) is 17.1 Å². The molecule has 9 N–H and O–H groups in total. The van der Waals surface area contributed by atoms with Gasteiger partial charge in [-0.3, -0.25) is 28.8 Å². The Hall–Kier alpha value is -9.36. The molecule has 3 fully saturated rings. The summed E-state index contributed by atoms with van der Waals surface area (Å²) in [6, 6.07) is 42.3. The number of aliphatic hydroxyl groups is 3. The SMILES string of the molecule is O=C(Nc1ccc(C(c2ccc(NC(=O)[C@@H]3CC(O)CN3C(=O)Cc3c[nH]c4ccccc34)cc2)c2ccc(NC(=O)[C@@H]3CC(O)CN3C(=O)Cc3c[nH]c4ccccc34)cc2)cc1)[C@@H]1CC(O)CN1C(=O)Cc1c[nH]c2ccccc12. The van der Waals surface area contributed by atoms with E-state index >= 15 is 0 Å². The summed E-state index contributed by atoms with van der Waals surface area (Å²) in [6.07, 6.45) is 3.25. The van der Waals surface area contributed by atoms with Gasteiger partial charge in [0.15, 0.2) is 0 Å². The molecule has 18 nitrogen and oxygen atoms in total. The van der Waals surface area contributed by atoms with Crippen molar-refractivity contribution in [2.75, 3.05) is 35.6 Å². The second-order valence-electron chi connectivity index (χ2n) is 21.7. The minimum Gasteiger partial charge on any atom is -0.391 e. The number of hydrogen-bond acceptors (Lipinski definition) is 9. The van der Waals surface area contributed by atoms with Crippen molar-refractivity contribution >= 4 is 85.2 Å². The summed E-state index contributed by atoms with van der Waals surface area (Å²) in [4.78, 5) is 96.9. The summed E-state index contributed by atoms with van der Waals surface area (Å²) in [5.74, 6) is -2.51. The van der Waals surface area contributed by atoms with Crippen LogP contribution in [0, 0.1) is 0 Å². The first-order valence-electron chi connectivity index (χ1n) is 27.6. The van der Waals surface area contributed by atoms with Crippen molar-refractivity contribution in [1.82, 2.24) is 29.7 Å². The molecule has 0 aliphatic carbocycles. The fourth-order valence-corrected chi connectivity index (χ4v) is 12.2. The molecule has 6 amide bonds. The molecule has 3 saturated heterocycles. The number of aromatic amines is 3. The minimum absolute atomic E-state index is 0.0352. The van der Waals surface area contributed by atoms with Crippen molar-refractivity contribution in [3.05, 3.63) is 198 Å². The van der Waals surface area contributed by atoms with Gasteiger partial charge in [-0.1, -0.05) is 91.0 Å². The first kappa shape index (κ1) is 53.3. The van der Waals surface area contributed by atoms with Gasteiger partial charge in [0, 0.05) is 113 Å². The summed E-state index contributed by atoms with van der Waals surface area (Å²) in [5.41, 5.74) is 9.02. The Bertz CT molecular complexity index is 3470. The van der Waals surface area contributed by atoms with Crippen LogP contribution in [-0.2, 0) is 48.0 Å². The Morgan fingerprint density at radius 2 is 0.671 bits per heavy atom. The van der Waals surface area contributed by atoms with Gasteiger partial charge in [-0.15, -0.1) is 0 Å². The Kier molecular flexibility index (Phi) is 14.7. The fraction of sp³-hybridized carbons (Fsp3) is 0.250. The van der Waals surface area contributed by atoms with Gasteiger partial charge in [-0.2, -0.15) is 0 Å². The molecule has 9 aromatic rings. The number of fused-ring (bicyclic) bond motifs is 3. The van der Waals surface area contributed by atoms with E-state index in [1.807, 2.05) is 109 Å². The third kappa shape index (κ3) is 11.0. The number of amides is 6. The van der Waals surface area contributed by atoms with Crippen LogP contribution in [-0.4, -0.2) is 136 Å². The van der Waals surface area contributed by atoms with Gasteiger partial charge in [-0.05, 0) is 88.0 Å². The van der Waals surface area contributed by atoms with Crippen LogP contribution in [0.1, 0.15) is 58.6 Å². The van der Waals surface area contributed by atoms with Crippen molar-refractivity contribution in [3.63, 3.8) is 0 Å². The number of likely N-dealkylation sites (tertiary alicyclic amines) is 3. The number of para-hydroxylation sites is 3. The minimum atomic E-state index is -0.890. The molecule has 12 rings (SSSR count). The van der Waals surface area contributed by atoms with Gasteiger partial charge in [0.1, 0.15) is 18.1 Å². The second kappa shape index (κ2) is 22.6. The number of H-pyrrole nitrogens is 3. The van der Waals surface area contributed by atoms with E-state index in [-0.39, 0.29) is 75.9 Å². The Balaban J connectivity index is 0.761. The molecule has 6 aromatic carbocycles.